The number of hydrogen-bond acceptors (Lipinski definition) is 4. The lowest BCUT2D eigenvalue weighted by molar-refractivity contribution is -0.384. The van der Waals surface area contributed by atoms with Crippen molar-refractivity contribution in [3.05, 3.63) is 57.9 Å². The zero-order chi connectivity index (χ0) is 14.7. The molecule has 104 valence electrons. The van der Waals surface area contributed by atoms with Crippen molar-refractivity contribution >= 4 is 22.7 Å². The standard InChI is InChI=1S/C14H14FN3O2/c1-9-5-10(15)3-4-14(9)17-12-6-11(16-2)7-13(8-12)18(19)20/h3-8,16-17H,1-2H3. The molecule has 0 aliphatic heterocycles. The lowest BCUT2D eigenvalue weighted by Gasteiger charge is -2.11. The Labute approximate surface area is 115 Å². The van der Waals surface area contributed by atoms with Crippen LogP contribution >= 0.6 is 0 Å². The van der Waals surface area contributed by atoms with Gasteiger partial charge in [0.05, 0.1) is 4.92 Å². The Kier molecular flexibility index (Phi) is 3.84. The van der Waals surface area contributed by atoms with Crippen molar-refractivity contribution in [2.75, 3.05) is 17.7 Å². The number of rotatable bonds is 4. The summed E-state index contributed by atoms with van der Waals surface area (Å²) in [6.45, 7) is 1.77. The molecule has 0 saturated heterocycles. The quantitative estimate of drug-likeness (QED) is 0.657. The molecule has 0 aliphatic carbocycles. The fourth-order valence-electron chi connectivity index (χ4n) is 1.86. The van der Waals surface area contributed by atoms with E-state index in [1.165, 1.54) is 24.3 Å². The highest BCUT2D eigenvalue weighted by molar-refractivity contribution is 5.70. The van der Waals surface area contributed by atoms with Gasteiger partial charge in [-0.25, -0.2) is 4.39 Å². The minimum Gasteiger partial charge on any atom is -0.388 e. The normalized spacial score (nSPS) is 10.2. The first-order chi connectivity index (χ1) is 9.49. The number of nitrogens with one attached hydrogen (secondary N) is 2. The van der Waals surface area contributed by atoms with Gasteiger partial charge in [-0.2, -0.15) is 0 Å². The van der Waals surface area contributed by atoms with E-state index in [2.05, 4.69) is 10.6 Å². The molecule has 2 N–H and O–H groups in total. The van der Waals surface area contributed by atoms with E-state index in [4.69, 9.17) is 0 Å². The molecule has 20 heavy (non-hydrogen) atoms. The number of benzene rings is 2. The van der Waals surface area contributed by atoms with E-state index in [-0.39, 0.29) is 11.5 Å². The Morgan fingerprint density at radius 1 is 1.15 bits per heavy atom. The first-order valence-electron chi connectivity index (χ1n) is 6.00. The maximum Gasteiger partial charge on any atom is 0.273 e. The summed E-state index contributed by atoms with van der Waals surface area (Å²) in [6.07, 6.45) is 0. The van der Waals surface area contributed by atoms with Gasteiger partial charge in [0.2, 0.25) is 0 Å². The zero-order valence-corrected chi connectivity index (χ0v) is 11.1. The SMILES string of the molecule is CNc1cc(Nc2ccc(F)cc2C)cc([N+](=O)[O-])c1. The molecule has 0 atom stereocenters. The number of nitro benzene ring substituents is 1. The van der Waals surface area contributed by atoms with Crippen molar-refractivity contribution in [2.45, 2.75) is 6.92 Å². The lowest BCUT2D eigenvalue weighted by atomic mass is 10.1. The summed E-state index contributed by atoms with van der Waals surface area (Å²) in [5, 5.41) is 16.8. The van der Waals surface area contributed by atoms with Crippen molar-refractivity contribution in [1.29, 1.82) is 0 Å². The summed E-state index contributed by atoms with van der Waals surface area (Å²) in [6, 6.07) is 8.97. The summed E-state index contributed by atoms with van der Waals surface area (Å²) >= 11 is 0. The van der Waals surface area contributed by atoms with Crippen molar-refractivity contribution in [2.24, 2.45) is 0 Å². The van der Waals surface area contributed by atoms with Gasteiger partial charge in [-0.15, -0.1) is 0 Å². The van der Waals surface area contributed by atoms with Gasteiger partial charge in [0, 0.05) is 36.2 Å². The molecular weight excluding hydrogens is 261 g/mol. The van der Waals surface area contributed by atoms with Crippen LogP contribution in [-0.4, -0.2) is 12.0 Å². The van der Waals surface area contributed by atoms with Gasteiger partial charge in [0.25, 0.3) is 5.69 Å². The second kappa shape index (κ2) is 5.56. The van der Waals surface area contributed by atoms with Gasteiger partial charge in [0.15, 0.2) is 0 Å². The van der Waals surface area contributed by atoms with Crippen molar-refractivity contribution < 1.29 is 9.31 Å². The molecule has 0 radical (unpaired) electrons. The van der Waals surface area contributed by atoms with Crippen LogP contribution in [0.25, 0.3) is 0 Å². The van der Waals surface area contributed by atoms with Crippen LogP contribution in [0, 0.1) is 22.9 Å². The molecule has 0 unspecified atom stereocenters. The third-order valence-electron chi connectivity index (χ3n) is 2.88. The third kappa shape index (κ3) is 3.03. The highest BCUT2D eigenvalue weighted by Gasteiger charge is 2.10. The Bertz CT molecular complexity index is 659. The fraction of sp³-hybridized carbons (Fsp3) is 0.143. The van der Waals surface area contributed by atoms with Crippen LogP contribution < -0.4 is 10.6 Å². The maximum absolute atomic E-state index is 13.0. The van der Waals surface area contributed by atoms with Gasteiger partial charge in [-0.1, -0.05) is 0 Å². The molecule has 0 bridgehead atoms. The van der Waals surface area contributed by atoms with Crippen LogP contribution in [0.3, 0.4) is 0 Å². The van der Waals surface area contributed by atoms with Crippen molar-refractivity contribution in [3.63, 3.8) is 0 Å². The van der Waals surface area contributed by atoms with Crippen LogP contribution in [-0.2, 0) is 0 Å². The molecule has 0 aliphatic rings. The number of anilines is 3. The third-order valence-corrected chi connectivity index (χ3v) is 2.88. The minimum absolute atomic E-state index is 0.0147. The summed E-state index contributed by atoms with van der Waals surface area (Å²) < 4.78 is 13.0. The smallest absolute Gasteiger partial charge is 0.273 e. The summed E-state index contributed by atoms with van der Waals surface area (Å²) in [7, 11) is 1.69. The number of aryl methyl sites for hydroxylation is 1. The second-order valence-electron chi connectivity index (χ2n) is 4.36. The van der Waals surface area contributed by atoms with E-state index >= 15 is 0 Å². The highest BCUT2D eigenvalue weighted by atomic mass is 19.1. The number of nitrogens with zero attached hydrogens (tertiary/aromatic N) is 1. The van der Waals surface area contributed by atoms with Crippen LogP contribution in [0.1, 0.15) is 5.56 Å². The van der Waals surface area contributed by atoms with Crippen LogP contribution in [0.5, 0.6) is 0 Å². The minimum atomic E-state index is -0.455. The number of non-ortho nitro benzene ring substituents is 1. The van der Waals surface area contributed by atoms with E-state index in [1.807, 2.05) is 0 Å². The largest absolute Gasteiger partial charge is 0.388 e. The zero-order valence-electron chi connectivity index (χ0n) is 11.1. The molecule has 0 fully saturated rings. The van der Waals surface area contributed by atoms with Crippen LogP contribution in [0.15, 0.2) is 36.4 Å². The second-order valence-corrected chi connectivity index (χ2v) is 4.36. The molecule has 5 nitrogen and oxygen atoms in total. The van der Waals surface area contributed by atoms with Gasteiger partial charge in [-0.3, -0.25) is 10.1 Å². The molecule has 0 spiro atoms. The lowest BCUT2D eigenvalue weighted by Crippen LogP contribution is -1.98. The Hall–Kier alpha value is -2.63. The summed E-state index contributed by atoms with van der Waals surface area (Å²) in [4.78, 5) is 10.4. The first-order valence-corrected chi connectivity index (χ1v) is 6.00. The predicted molar refractivity (Wildman–Crippen MR) is 77.1 cm³/mol. The Balaban J connectivity index is 2.37. The molecule has 2 rings (SSSR count). The first kappa shape index (κ1) is 13.8. The molecule has 6 heteroatoms. The van der Waals surface area contributed by atoms with Crippen molar-refractivity contribution in [1.82, 2.24) is 0 Å². The summed E-state index contributed by atoms with van der Waals surface area (Å²) in [5.41, 5.74) is 2.61. The number of hydrogen-bond donors (Lipinski definition) is 2. The van der Waals surface area contributed by atoms with E-state index in [0.717, 1.165) is 5.56 Å². The maximum atomic E-state index is 13.0. The van der Waals surface area contributed by atoms with Crippen LogP contribution in [0.4, 0.5) is 27.1 Å². The molecule has 0 heterocycles. The van der Waals surface area contributed by atoms with Crippen LogP contribution in [0.2, 0.25) is 0 Å². The summed E-state index contributed by atoms with van der Waals surface area (Å²) in [5.74, 6) is -0.317. The molecule has 2 aromatic carbocycles. The van der Waals surface area contributed by atoms with Gasteiger partial charge in [0.1, 0.15) is 5.82 Å². The molecule has 0 amide bonds. The average Bonchev–Trinajstić information content (AvgIpc) is 2.41. The topological polar surface area (TPSA) is 67.2 Å². The van der Waals surface area contributed by atoms with E-state index in [0.29, 0.717) is 17.1 Å². The van der Waals surface area contributed by atoms with Crippen molar-refractivity contribution in [3.8, 4) is 0 Å². The Morgan fingerprint density at radius 3 is 2.45 bits per heavy atom. The van der Waals surface area contributed by atoms with Gasteiger partial charge >= 0.3 is 0 Å². The van der Waals surface area contributed by atoms with Gasteiger partial charge < -0.3 is 10.6 Å². The molecule has 0 aromatic heterocycles. The monoisotopic (exact) mass is 275 g/mol. The molecule has 2 aromatic rings. The van der Waals surface area contributed by atoms with Gasteiger partial charge in [-0.05, 0) is 36.8 Å². The van der Waals surface area contributed by atoms with E-state index < -0.39 is 4.92 Å². The van der Waals surface area contributed by atoms with E-state index in [1.54, 1.807) is 26.1 Å². The fourth-order valence-corrected chi connectivity index (χ4v) is 1.86. The highest BCUT2D eigenvalue weighted by Crippen LogP contribution is 2.28. The number of halogens is 1. The number of nitro groups is 1. The molecule has 0 saturated carbocycles. The Morgan fingerprint density at radius 2 is 1.85 bits per heavy atom. The molecular formula is C14H14FN3O2. The predicted octanol–water partition coefficient (Wildman–Crippen LogP) is 3.83. The van der Waals surface area contributed by atoms with E-state index in [9.17, 15) is 14.5 Å². The average molecular weight is 275 g/mol.